The van der Waals surface area contributed by atoms with Crippen LogP contribution in [0.25, 0.3) is 0 Å². The van der Waals surface area contributed by atoms with Crippen LogP contribution in [-0.2, 0) is 0 Å². The summed E-state index contributed by atoms with van der Waals surface area (Å²) in [7, 11) is 0. The second-order valence-corrected chi connectivity index (χ2v) is 3.58. The minimum absolute atomic E-state index is 0.0556. The SMILES string of the molecule is Cc1cc(Oc2cccnc2[N+](=O)[O-])nc(C)n1. The van der Waals surface area contributed by atoms with E-state index in [0.29, 0.717) is 5.82 Å². The second-order valence-electron chi connectivity index (χ2n) is 3.58. The van der Waals surface area contributed by atoms with Crippen LogP contribution in [0.3, 0.4) is 0 Å². The monoisotopic (exact) mass is 246 g/mol. The number of hydrogen-bond donors (Lipinski definition) is 0. The number of nitrogens with zero attached hydrogens (tertiary/aromatic N) is 4. The van der Waals surface area contributed by atoms with Crippen LogP contribution >= 0.6 is 0 Å². The number of hydrogen-bond acceptors (Lipinski definition) is 6. The molecular formula is C11H10N4O3. The predicted octanol–water partition coefficient (Wildman–Crippen LogP) is 2.19. The molecule has 0 radical (unpaired) electrons. The molecule has 2 rings (SSSR count). The van der Waals surface area contributed by atoms with E-state index in [1.165, 1.54) is 12.3 Å². The molecule has 0 atom stereocenters. The molecule has 7 nitrogen and oxygen atoms in total. The van der Waals surface area contributed by atoms with Gasteiger partial charge in [-0.15, -0.1) is 0 Å². The quantitative estimate of drug-likeness (QED) is 0.609. The van der Waals surface area contributed by atoms with Crippen molar-refractivity contribution in [3.8, 4) is 11.6 Å². The maximum absolute atomic E-state index is 10.8. The lowest BCUT2D eigenvalue weighted by Gasteiger charge is -2.05. The van der Waals surface area contributed by atoms with E-state index in [4.69, 9.17) is 4.74 Å². The van der Waals surface area contributed by atoms with Crippen molar-refractivity contribution >= 4 is 5.82 Å². The van der Waals surface area contributed by atoms with Gasteiger partial charge in [-0.3, -0.25) is 0 Å². The summed E-state index contributed by atoms with van der Waals surface area (Å²) in [6.07, 6.45) is 1.33. The van der Waals surface area contributed by atoms with E-state index >= 15 is 0 Å². The third-order valence-corrected chi connectivity index (χ3v) is 2.08. The fraction of sp³-hybridized carbons (Fsp3) is 0.182. The number of aryl methyl sites for hydroxylation is 2. The zero-order chi connectivity index (χ0) is 13.1. The predicted molar refractivity (Wildman–Crippen MR) is 62.5 cm³/mol. The molecule has 92 valence electrons. The van der Waals surface area contributed by atoms with Crippen LogP contribution in [0.5, 0.6) is 11.6 Å². The highest BCUT2D eigenvalue weighted by molar-refractivity contribution is 5.41. The molecule has 18 heavy (non-hydrogen) atoms. The van der Waals surface area contributed by atoms with Crippen LogP contribution in [0.4, 0.5) is 5.82 Å². The summed E-state index contributed by atoms with van der Waals surface area (Å²) in [4.78, 5) is 22.0. The lowest BCUT2D eigenvalue weighted by molar-refractivity contribution is -0.390. The van der Waals surface area contributed by atoms with E-state index in [-0.39, 0.29) is 17.4 Å². The average Bonchev–Trinajstić information content (AvgIpc) is 2.27. The molecule has 0 saturated heterocycles. The van der Waals surface area contributed by atoms with Gasteiger partial charge in [-0.2, -0.15) is 4.98 Å². The van der Waals surface area contributed by atoms with Crippen molar-refractivity contribution in [2.45, 2.75) is 13.8 Å². The Morgan fingerprint density at radius 2 is 2.11 bits per heavy atom. The Morgan fingerprint density at radius 3 is 2.78 bits per heavy atom. The molecule has 0 bridgehead atoms. The van der Waals surface area contributed by atoms with Gasteiger partial charge in [0.15, 0.2) is 0 Å². The van der Waals surface area contributed by atoms with Crippen LogP contribution < -0.4 is 4.74 Å². The Kier molecular flexibility index (Phi) is 3.13. The minimum atomic E-state index is -0.601. The van der Waals surface area contributed by atoms with Crippen LogP contribution in [0.2, 0.25) is 0 Å². The maximum atomic E-state index is 10.8. The standard InChI is InChI=1S/C11H10N4O3/c1-7-6-10(14-8(2)13-7)18-9-4-3-5-12-11(9)15(16)17/h3-6H,1-2H3. The lowest BCUT2D eigenvalue weighted by atomic mass is 10.4. The Hall–Kier alpha value is -2.57. The first-order valence-electron chi connectivity index (χ1n) is 5.16. The Morgan fingerprint density at radius 1 is 1.33 bits per heavy atom. The molecule has 0 spiro atoms. The van der Waals surface area contributed by atoms with Gasteiger partial charge in [0.2, 0.25) is 11.6 Å². The Balaban J connectivity index is 2.37. The molecule has 0 aliphatic rings. The van der Waals surface area contributed by atoms with Crippen LogP contribution in [-0.4, -0.2) is 19.9 Å². The van der Waals surface area contributed by atoms with Crippen LogP contribution in [0, 0.1) is 24.0 Å². The van der Waals surface area contributed by atoms with Gasteiger partial charge in [0.1, 0.15) is 12.0 Å². The summed E-state index contributed by atoms with van der Waals surface area (Å²) in [5.74, 6) is 0.513. The van der Waals surface area contributed by atoms with Gasteiger partial charge in [-0.1, -0.05) is 0 Å². The second kappa shape index (κ2) is 4.74. The molecule has 2 aromatic heterocycles. The highest BCUT2D eigenvalue weighted by Gasteiger charge is 2.17. The first-order chi connectivity index (χ1) is 8.56. The Labute approximate surface area is 103 Å². The topological polar surface area (TPSA) is 91.0 Å². The first-order valence-corrected chi connectivity index (χ1v) is 5.16. The first kappa shape index (κ1) is 11.9. The molecule has 7 heteroatoms. The zero-order valence-corrected chi connectivity index (χ0v) is 9.82. The average molecular weight is 246 g/mol. The number of pyridine rings is 1. The van der Waals surface area contributed by atoms with E-state index in [1.54, 1.807) is 26.0 Å². The maximum Gasteiger partial charge on any atom is 0.406 e. The molecular weight excluding hydrogens is 236 g/mol. The molecule has 0 amide bonds. The fourth-order valence-corrected chi connectivity index (χ4v) is 1.45. The summed E-state index contributed by atoms with van der Waals surface area (Å²) >= 11 is 0. The molecule has 2 heterocycles. The third-order valence-electron chi connectivity index (χ3n) is 2.08. The van der Waals surface area contributed by atoms with Gasteiger partial charge in [0.25, 0.3) is 0 Å². The van der Waals surface area contributed by atoms with Crippen molar-refractivity contribution in [2.75, 3.05) is 0 Å². The van der Waals surface area contributed by atoms with Gasteiger partial charge in [0, 0.05) is 11.8 Å². The number of rotatable bonds is 3. The largest absolute Gasteiger partial charge is 0.430 e. The number of nitro groups is 1. The highest BCUT2D eigenvalue weighted by Crippen LogP contribution is 2.27. The molecule has 0 aromatic carbocycles. The summed E-state index contributed by atoms with van der Waals surface area (Å²) < 4.78 is 5.38. The van der Waals surface area contributed by atoms with Gasteiger partial charge < -0.3 is 14.9 Å². The zero-order valence-electron chi connectivity index (χ0n) is 9.82. The Bertz CT molecular complexity index is 580. The molecule has 0 N–H and O–H groups in total. The summed E-state index contributed by atoms with van der Waals surface area (Å²) in [6.45, 7) is 3.51. The van der Waals surface area contributed by atoms with E-state index in [1.807, 2.05) is 0 Å². The van der Waals surface area contributed by atoms with Crippen LogP contribution in [0.1, 0.15) is 11.5 Å². The van der Waals surface area contributed by atoms with Crippen molar-refractivity contribution in [3.05, 3.63) is 46.0 Å². The van der Waals surface area contributed by atoms with Gasteiger partial charge >= 0.3 is 5.82 Å². The van der Waals surface area contributed by atoms with Crippen molar-refractivity contribution in [3.63, 3.8) is 0 Å². The van der Waals surface area contributed by atoms with Crippen molar-refractivity contribution in [2.24, 2.45) is 0 Å². The van der Waals surface area contributed by atoms with Crippen LogP contribution in [0.15, 0.2) is 24.4 Å². The van der Waals surface area contributed by atoms with E-state index < -0.39 is 4.92 Å². The molecule has 0 saturated carbocycles. The van der Waals surface area contributed by atoms with Gasteiger partial charge in [-0.25, -0.2) is 4.98 Å². The molecule has 2 aromatic rings. The van der Waals surface area contributed by atoms with E-state index in [2.05, 4.69) is 15.0 Å². The number of aromatic nitrogens is 3. The highest BCUT2D eigenvalue weighted by atomic mass is 16.6. The van der Waals surface area contributed by atoms with Gasteiger partial charge in [-0.05, 0) is 35.9 Å². The lowest BCUT2D eigenvalue weighted by Crippen LogP contribution is -1.99. The summed E-state index contributed by atoms with van der Waals surface area (Å²) in [5, 5.41) is 10.8. The normalized spacial score (nSPS) is 10.1. The summed E-state index contributed by atoms with van der Waals surface area (Å²) in [5.41, 5.74) is 0.726. The number of ether oxygens (including phenoxy) is 1. The minimum Gasteiger partial charge on any atom is -0.430 e. The van der Waals surface area contributed by atoms with Crippen molar-refractivity contribution in [1.82, 2.24) is 15.0 Å². The van der Waals surface area contributed by atoms with Crippen molar-refractivity contribution in [1.29, 1.82) is 0 Å². The molecule has 0 aliphatic heterocycles. The smallest absolute Gasteiger partial charge is 0.406 e. The third kappa shape index (κ3) is 2.57. The van der Waals surface area contributed by atoms with E-state index in [9.17, 15) is 10.1 Å². The van der Waals surface area contributed by atoms with E-state index in [0.717, 1.165) is 5.69 Å². The van der Waals surface area contributed by atoms with Gasteiger partial charge in [0.05, 0.1) is 0 Å². The molecule has 0 unspecified atom stereocenters. The molecule has 0 aliphatic carbocycles. The van der Waals surface area contributed by atoms with Crippen molar-refractivity contribution < 1.29 is 9.66 Å². The fourth-order valence-electron chi connectivity index (χ4n) is 1.45. The summed E-state index contributed by atoms with van der Waals surface area (Å²) in [6, 6.07) is 4.63. The molecule has 0 fully saturated rings.